The lowest BCUT2D eigenvalue weighted by molar-refractivity contribution is -0.148. The number of piperazine rings is 1. The third-order valence-corrected chi connectivity index (χ3v) is 9.74. The molecule has 15 heteroatoms. The maximum absolute atomic E-state index is 15.0. The Morgan fingerprint density at radius 3 is 2.33 bits per heavy atom. The highest BCUT2D eigenvalue weighted by atomic mass is 19.4. The second-order valence-corrected chi connectivity index (χ2v) is 12.3. The maximum Gasteiger partial charge on any atom is 0.417 e. The van der Waals surface area contributed by atoms with E-state index in [-0.39, 0.29) is 31.0 Å². The van der Waals surface area contributed by atoms with Crippen LogP contribution >= 0.6 is 0 Å². The lowest BCUT2D eigenvalue weighted by Gasteiger charge is -2.50. The predicted octanol–water partition coefficient (Wildman–Crippen LogP) is 1.36. The highest BCUT2D eigenvalue weighted by molar-refractivity contribution is 6.24. The van der Waals surface area contributed by atoms with Gasteiger partial charge < -0.3 is 31.1 Å². The fraction of sp³-hybridized carbons (Fsp3) is 0.533. The third-order valence-electron chi connectivity index (χ3n) is 9.74. The Morgan fingerprint density at radius 2 is 1.80 bits per heavy atom. The standard InChI is InChI=1S/C30H35F3N4O8/c1-5-36-6-7-37(12(2)38)11-17(36)14-10-18(39)20-15(22(14)30(31,32)33)8-13-9-16-23(35(3)4)25(41)21(28(34)44)27(43)29(16,45)26(42)19(13)24(20)40/h10,13,16-17,23,39,41-42,45H,5-9,11H2,1-4H3,(H2,34,44)/t13-,16-,17?,23-,29-/m0/s1. The van der Waals surface area contributed by atoms with E-state index >= 15 is 13.2 Å². The van der Waals surface area contributed by atoms with E-state index in [1.807, 2.05) is 0 Å². The number of primary amides is 1. The van der Waals surface area contributed by atoms with Crippen LogP contribution in [0.15, 0.2) is 28.7 Å². The van der Waals surface area contributed by atoms with Crippen LogP contribution < -0.4 is 5.73 Å². The SMILES string of the molecule is CCN1CCN(C(C)=O)CC1c1cc(O)c2c(c1C(F)(F)F)C[C@H]1C[C@H]3[C@H](N(C)C)C(O)=C(C(N)=O)C(=O)[C@@]3(O)C(O)=C1C2=O. The Bertz CT molecular complexity index is 1590. The van der Waals surface area contributed by atoms with Gasteiger partial charge >= 0.3 is 6.18 Å². The summed E-state index contributed by atoms with van der Waals surface area (Å²) >= 11 is 0. The Morgan fingerprint density at radius 1 is 1.16 bits per heavy atom. The molecule has 3 aliphatic carbocycles. The van der Waals surface area contributed by atoms with E-state index < -0.39 is 105 Å². The summed E-state index contributed by atoms with van der Waals surface area (Å²) in [7, 11) is 2.90. The van der Waals surface area contributed by atoms with Crippen molar-refractivity contribution in [2.75, 3.05) is 40.3 Å². The molecule has 2 amide bonds. The molecule has 1 fully saturated rings. The number of aliphatic hydroxyl groups is 3. The zero-order valence-electron chi connectivity index (χ0n) is 25.1. The Hall–Kier alpha value is -3.95. The highest BCUT2D eigenvalue weighted by Crippen LogP contribution is 2.54. The topological polar surface area (TPSA) is 185 Å². The van der Waals surface area contributed by atoms with Crippen molar-refractivity contribution in [1.82, 2.24) is 14.7 Å². The number of carbonyl (C=O) groups is 4. The number of amides is 2. The number of hydrogen-bond acceptors (Lipinski definition) is 10. The summed E-state index contributed by atoms with van der Waals surface area (Å²) in [5, 5.41) is 45.1. The van der Waals surface area contributed by atoms with Gasteiger partial charge in [-0.2, -0.15) is 13.2 Å². The molecule has 0 bridgehead atoms. The number of ketones is 2. The van der Waals surface area contributed by atoms with Gasteiger partial charge in [0, 0.05) is 38.0 Å². The number of benzene rings is 1. The first-order chi connectivity index (χ1) is 20.9. The van der Waals surface area contributed by atoms with Crippen LogP contribution in [0.5, 0.6) is 5.75 Å². The third kappa shape index (κ3) is 4.70. The van der Waals surface area contributed by atoms with Crippen molar-refractivity contribution in [2.24, 2.45) is 17.6 Å². The number of carbonyl (C=O) groups excluding carboxylic acids is 4. The molecule has 1 aromatic rings. The van der Waals surface area contributed by atoms with E-state index in [2.05, 4.69) is 0 Å². The van der Waals surface area contributed by atoms with E-state index in [0.717, 1.165) is 6.07 Å². The van der Waals surface area contributed by atoms with Gasteiger partial charge in [0.25, 0.3) is 5.91 Å². The van der Waals surface area contributed by atoms with Gasteiger partial charge in [0.2, 0.25) is 11.7 Å². The molecule has 4 aliphatic rings. The minimum atomic E-state index is -5.01. The quantitative estimate of drug-likeness (QED) is 0.303. The van der Waals surface area contributed by atoms with Crippen molar-refractivity contribution in [2.45, 2.75) is 50.6 Å². The van der Waals surface area contributed by atoms with Crippen LogP contribution in [0, 0.1) is 11.8 Å². The van der Waals surface area contributed by atoms with Crippen molar-refractivity contribution in [3.05, 3.63) is 51.0 Å². The number of rotatable bonds is 4. The Kier molecular flexibility index (Phi) is 7.82. The van der Waals surface area contributed by atoms with Crippen LogP contribution in [-0.4, -0.2) is 110 Å². The maximum atomic E-state index is 15.0. The van der Waals surface area contributed by atoms with E-state index in [9.17, 15) is 39.6 Å². The average molecular weight is 637 g/mol. The fourth-order valence-corrected chi connectivity index (χ4v) is 7.73. The molecule has 1 aromatic carbocycles. The van der Waals surface area contributed by atoms with Crippen LogP contribution in [-0.2, 0) is 27.0 Å². The van der Waals surface area contributed by atoms with Gasteiger partial charge in [-0.1, -0.05) is 6.92 Å². The Balaban J connectivity index is 1.73. The average Bonchev–Trinajstić information content (AvgIpc) is 2.93. The smallest absolute Gasteiger partial charge is 0.417 e. The van der Waals surface area contributed by atoms with Crippen LogP contribution in [0.25, 0.3) is 0 Å². The number of fused-ring (bicyclic) bond motifs is 3. The summed E-state index contributed by atoms with van der Waals surface area (Å²) in [6.07, 6.45) is -5.87. The van der Waals surface area contributed by atoms with E-state index in [1.54, 1.807) is 11.8 Å². The number of hydrogen-bond donors (Lipinski definition) is 5. The number of allylic oxidation sites excluding steroid dienone is 1. The second-order valence-electron chi connectivity index (χ2n) is 12.3. The van der Waals surface area contributed by atoms with E-state index in [1.165, 1.54) is 30.8 Å². The number of aliphatic hydroxyl groups excluding tert-OH is 2. The monoisotopic (exact) mass is 636 g/mol. The van der Waals surface area contributed by atoms with Crippen molar-refractivity contribution >= 4 is 23.4 Å². The zero-order chi connectivity index (χ0) is 33.5. The van der Waals surface area contributed by atoms with E-state index in [4.69, 9.17) is 5.73 Å². The number of phenols is 1. The number of phenolic OH excluding ortho intramolecular Hbond substituents is 1. The number of nitrogens with zero attached hydrogens (tertiary/aromatic N) is 3. The predicted molar refractivity (Wildman–Crippen MR) is 151 cm³/mol. The summed E-state index contributed by atoms with van der Waals surface area (Å²) < 4.78 is 45.1. The number of alkyl halides is 3. The molecular weight excluding hydrogens is 601 g/mol. The van der Waals surface area contributed by atoms with Gasteiger partial charge in [-0.15, -0.1) is 0 Å². The van der Waals surface area contributed by atoms with Crippen LogP contribution in [0.4, 0.5) is 13.2 Å². The highest BCUT2D eigenvalue weighted by Gasteiger charge is 2.63. The zero-order valence-corrected chi connectivity index (χ0v) is 25.1. The molecule has 1 saturated heterocycles. The number of nitrogens with two attached hydrogens (primary N) is 1. The van der Waals surface area contributed by atoms with Crippen molar-refractivity contribution < 1.29 is 52.8 Å². The number of likely N-dealkylation sites (N-methyl/N-ethyl adjacent to an activating group) is 2. The first-order valence-electron chi connectivity index (χ1n) is 14.5. The molecule has 0 spiro atoms. The molecule has 6 N–H and O–H groups in total. The first kappa shape index (κ1) is 32.4. The molecule has 1 aliphatic heterocycles. The minimum absolute atomic E-state index is 0.0800. The van der Waals surface area contributed by atoms with Gasteiger partial charge in [-0.05, 0) is 56.6 Å². The summed E-state index contributed by atoms with van der Waals surface area (Å²) in [4.78, 5) is 56.2. The fourth-order valence-electron chi connectivity index (χ4n) is 7.73. The number of aromatic hydroxyl groups is 1. The van der Waals surface area contributed by atoms with Crippen molar-refractivity contribution in [1.29, 1.82) is 0 Å². The first-order valence-corrected chi connectivity index (χ1v) is 14.5. The normalized spacial score (nSPS) is 29.1. The van der Waals surface area contributed by atoms with E-state index in [0.29, 0.717) is 13.1 Å². The molecule has 12 nitrogen and oxygen atoms in total. The Labute approximate surface area is 256 Å². The molecule has 0 aromatic heterocycles. The number of Topliss-reactive ketones (excluding diaryl/α,β-unsaturated/α-hetero) is 2. The van der Waals surface area contributed by atoms with Gasteiger partial charge in [-0.3, -0.25) is 29.0 Å². The van der Waals surface area contributed by atoms with Gasteiger partial charge in [0.15, 0.2) is 11.4 Å². The number of halogens is 3. The van der Waals surface area contributed by atoms with Crippen LogP contribution in [0.3, 0.4) is 0 Å². The molecule has 1 unspecified atom stereocenters. The van der Waals surface area contributed by atoms with Crippen molar-refractivity contribution in [3.8, 4) is 5.75 Å². The summed E-state index contributed by atoms with van der Waals surface area (Å²) in [6, 6.07) is -1.38. The lowest BCUT2D eigenvalue weighted by Crippen LogP contribution is -2.63. The summed E-state index contributed by atoms with van der Waals surface area (Å²) in [5.74, 6) is -9.66. The molecule has 5 rings (SSSR count). The molecular formula is C30H35F3N4O8. The second kappa shape index (κ2) is 10.8. The molecule has 244 valence electrons. The molecule has 0 saturated carbocycles. The van der Waals surface area contributed by atoms with Crippen molar-refractivity contribution in [3.63, 3.8) is 0 Å². The van der Waals surface area contributed by atoms with Gasteiger partial charge in [0.05, 0.1) is 23.2 Å². The molecule has 0 radical (unpaired) electrons. The largest absolute Gasteiger partial charge is 0.510 e. The molecule has 45 heavy (non-hydrogen) atoms. The lowest BCUT2D eigenvalue weighted by atomic mass is 9.58. The molecule has 1 heterocycles. The minimum Gasteiger partial charge on any atom is -0.510 e. The van der Waals surface area contributed by atoms with Crippen LogP contribution in [0.2, 0.25) is 0 Å². The van der Waals surface area contributed by atoms with Crippen LogP contribution in [0.1, 0.15) is 53.4 Å². The van der Waals surface area contributed by atoms with Gasteiger partial charge in [-0.25, -0.2) is 0 Å². The molecule has 5 atom stereocenters. The summed E-state index contributed by atoms with van der Waals surface area (Å²) in [5.41, 5.74) is -1.81. The summed E-state index contributed by atoms with van der Waals surface area (Å²) in [6.45, 7) is 3.92. The van der Waals surface area contributed by atoms with Gasteiger partial charge in [0.1, 0.15) is 22.8 Å².